The fourth-order valence-corrected chi connectivity index (χ4v) is 5.04. The molecule has 2 rings (SSSR count). The molecule has 118 valence electrons. The van der Waals surface area contributed by atoms with Crippen molar-refractivity contribution in [2.45, 2.75) is 8.87 Å². The summed E-state index contributed by atoms with van der Waals surface area (Å²) in [5.74, 6) is -2.51. The van der Waals surface area contributed by atoms with Gasteiger partial charge in [0, 0.05) is 12.2 Å². The van der Waals surface area contributed by atoms with Gasteiger partial charge in [0.2, 0.25) is 0 Å². The molecule has 0 aliphatic carbocycles. The van der Waals surface area contributed by atoms with Gasteiger partial charge in [0.1, 0.15) is 0 Å². The van der Waals surface area contributed by atoms with Gasteiger partial charge in [-0.2, -0.15) is 0 Å². The predicted molar refractivity (Wildman–Crippen MR) is 90.5 cm³/mol. The Morgan fingerprint density at radius 2 is 1.09 bits per heavy atom. The van der Waals surface area contributed by atoms with Crippen molar-refractivity contribution in [2.24, 2.45) is 0 Å². The van der Waals surface area contributed by atoms with E-state index in [1.165, 1.54) is 20.0 Å². The van der Waals surface area contributed by atoms with Crippen molar-refractivity contribution in [1.29, 1.82) is 0 Å². The predicted octanol–water partition coefficient (Wildman–Crippen LogP) is 2.80. The molecule has 0 bridgehead atoms. The second-order valence-electron chi connectivity index (χ2n) is 4.58. The van der Waals surface area contributed by atoms with Crippen LogP contribution in [0.25, 0.3) is 0 Å². The van der Waals surface area contributed by atoms with Gasteiger partial charge >= 0.3 is 114 Å². The molecule has 0 saturated heterocycles. The number of rotatable bonds is 6. The summed E-state index contributed by atoms with van der Waals surface area (Å²) in [4.78, 5) is 19.1. The van der Waals surface area contributed by atoms with Crippen molar-refractivity contribution in [1.82, 2.24) is 0 Å². The maximum absolute atomic E-state index is 9.55. The van der Waals surface area contributed by atoms with Crippen molar-refractivity contribution >= 4 is 33.1 Å². The summed E-state index contributed by atoms with van der Waals surface area (Å²) >= 11 is -0.258. The Hall–Kier alpha value is -2.08. The molecule has 0 amide bonds. The first-order chi connectivity index (χ1) is 11.1. The Bertz CT molecular complexity index is 568. The van der Waals surface area contributed by atoms with Crippen LogP contribution in [0.1, 0.15) is 11.1 Å². The van der Waals surface area contributed by atoms with E-state index >= 15 is 0 Å². The first-order valence-electron chi connectivity index (χ1n) is 7.00. The fraction of sp³-hybridized carbons (Fsp3) is 0.111. The van der Waals surface area contributed by atoms with Crippen molar-refractivity contribution in [3.8, 4) is 0 Å². The van der Waals surface area contributed by atoms with E-state index < -0.39 is 11.9 Å². The van der Waals surface area contributed by atoms with Crippen LogP contribution in [0.2, 0.25) is 0 Å². The zero-order chi connectivity index (χ0) is 16.9. The van der Waals surface area contributed by atoms with Gasteiger partial charge in [-0.05, 0) is 0 Å². The number of carboxylic acid groups (broad SMARTS) is 2. The molecule has 0 fully saturated rings. The SMILES string of the molecule is O=C(O)/C=C\C(=O)O.c1ccc([CH2][Sn][CH2]c2ccccc2)cc1. The topological polar surface area (TPSA) is 74.6 Å². The monoisotopic (exact) mass is 418 g/mol. The van der Waals surface area contributed by atoms with E-state index in [-0.39, 0.29) is 21.1 Å². The summed E-state index contributed by atoms with van der Waals surface area (Å²) < 4.78 is 2.69. The second-order valence-corrected chi connectivity index (χ2v) is 8.03. The molecule has 0 aromatic heterocycles. The van der Waals surface area contributed by atoms with Crippen LogP contribution in [0.15, 0.2) is 72.8 Å². The van der Waals surface area contributed by atoms with E-state index in [0.29, 0.717) is 12.2 Å². The van der Waals surface area contributed by atoms with E-state index in [9.17, 15) is 9.59 Å². The normalized spacial score (nSPS) is 9.91. The molecule has 0 unspecified atom stereocenters. The van der Waals surface area contributed by atoms with Gasteiger partial charge in [0.15, 0.2) is 0 Å². The Morgan fingerprint density at radius 1 is 0.739 bits per heavy atom. The van der Waals surface area contributed by atoms with E-state index in [2.05, 4.69) is 60.7 Å². The molecule has 0 atom stereocenters. The second kappa shape index (κ2) is 11.5. The molecular weight excluding hydrogens is 399 g/mol. The third-order valence-corrected chi connectivity index (χ3v) is 6.47. The molecule has 0 aliphatic heterocycles. The Kier molecular flexibility index (Phi) is 9.47. The van der Waals surface area contributed by atoms with E-state index in [1.807, 2.05) is 0 Å². The number of benzene rings is 2. The van der Waals surface area contributed by atoms with Crippen LogP contribution in [0.3, 0.4) is 0 Å². The third kappa shape index (κ3) is 10.3. The van der Waals surface area contributed by atoms with Gasteiger partial charge in [-0.25, -0.2) is 9.59 Å². The first kappa shape index (κ1) is 19.0. The Balaban J connectivity index is 0.000000284. The van der Waals surface area contributed by atoms with Gasteiger partial charge in [-0.15, -0.1) is 0 Å². The van der Waals surface area contributed by atoms with Crippen LogP contribution in [0.5, 0.6) is 0 Å². The van der Waals surface area contributed by atoms with Crippen LogP contribution < -0.4 is 0 Å². The quantitative estimate of drug-likeness (QED) is 0.560. The van der Waals surface area contributed by atoms with Gasteiger partial charge in [-0.3, -0.25) is 0 Å². The van der Waals surface area contributed by atoms with Crippen LogP contribution in [-0.2, 0) is 18.5 Å². The van der Waals surface area contributed by atoms with Crippen LogP contribution >= 0.6 is 0 Å². The first-order valence-corrected chi connectivity index (χ1v) is 11.0. The third-order valence-electron chi connectivity index (χ3n) is 2.71. The standard InChI is InChI=1S/2C7H7.C4H4O4.Sn/c2*1-7-5-3-2-4-6-7;5-3(6)1-2-4(7)8;/h2*2-6H,1H2;1-2H,(H,5,6)(H,7,8);/b;;2-1-;. The molecule has 2 radical (unpaired) electrons. The molecule has 0 spiro atoms. The number of hydrogen-bond acceptors (Lipinski definition) is 2. The molecule has 2 aromatic carbocycles. The zero-order valence-electron chi connectivity index (χ0n) is 12.6. The van der Waals surface area contributed by atoms with Crippen molar-refractivity contribution in [3.05, 3.63) is 83.9 Å². The summed E-state index contributed by atoms with van der Waals surface area (Å²) in [6, 6.07) is 21.7. The Morgan fingerprint density at radius 3 is 1.39 bits per heavy atom. The van der Waals surface area contributed by atoms with Gasteiger partial charge in [0.05, 0.1) is 0 Å². The van der Waals surface area contributed by atoms with Crippen molar-refractivity contribution in [2.75, 3.05) is 0 Å². The summed E-state index contributed by atoms with van der Waals surface area (Å²) in [7, 11) is 0. The van der Waals surface area contributed by atoms with Crippen molar-refractivity contribution in [3.63, 3.8) is 0 Å². The summed E-state index contributed by atoms with van der Waals surface area (Å²) in [6.45, 7) is 0. The number of hydrogen-bond donors (Lipinski definition) is 2. The molecule has 2 aromatic rings. The maximum atomic E-state index is 9.55. The van der Waals surface area contributed by atoms with Crippen LogP contribution in [0.4, 0.5) is 0 Å². The average molecular weight is 417 g/mol. The minimum atomic E-state index is -1.26. The van der Waals surface area contributed by atoms with Crippen molar-refractivity contribution < 1.29 is 19.8 Å². The van der Waals surface area contributed by atoms with Gasteiger partial charge in [-0.1, -0.05) is 0 Å². The van der Waals surface area contributed by atoms with Crippen LogP contribution in [-0.4, -0.2) is 43.3 Å². The molecule has 5 heteroatoms. The molecule has 0 heterocycles. The Labute approximate surface area is 145 Å². The van der Waals surface area contributed by atoms with Crippen LogP contribution in [0, 0.1) is 0 Å². The number of carboxylic acids is 2. The molecular formula is C18H18O4Sn. The average Bonchev–Trinajstić information content (AvgIpc) is 2.56. The van der Waals surface area contributed by atoms with Gasteiger partial charge in [0.25, 0.3) is 0 Å². The molecule has 2 N–H and O–H groups in total. The molecule has 0 saturated carbocycles. The minimum absolute atomic E-state index is 0.258. The van der Waals surface area contributed by atoms with Gasteiger partial charge < -0.3 is 10.2 Å². The number of carbonyl (C=O) groups is 2. The fourth-order valence-electron chi connectivity index (χ4n) is 1.69. The van der Waals surface area contributed by atoms with E-state index in [4.69, 9.17) is 10.2 Å². The van der Waals surface area contributed by atoms with E-state index in [1.54, 1.807) is 0 Å². The summed E-state index contributed by atoms with van der Waals surface area (Å²) in [5, 5.41) is 15.6. The zero-order valence-corrected chi connectivity index (χ0v) is 15.4. The molecule has 0 aliphatic rings. The summed E-state index contributed by atoms with van der Waals surface area (Å²) in [5.41, 5.74) is 3.03. The molecule has 23 heavy (non-hydrogen) atoms. The van der Waals surface area contributed by atoms with E-state index in [0.717, 1.165) is 0 Å². The summed E-state index contributed by atoms with van der Waals surface area (Å²) in [6.07, 6.45) is 1.12. The number of aliphatic carboxylic acids is 2. The molecule has 4 nitrogen and oxygen atoms in total.